The van der Waals surface area contributed by atoms with Crippen LogP contribution in [0.15, 0.2) is 52.9 Å². The van der Waals surface area contributed by atoms with Gasteiger partial charge in [0, 0.05) is 29.4 Å². The Morgan fingerprint density at radius 1 is 1.07 bits per heavy atom. The first-order valence-electron chi connectivity index (χ1n) is 8.65. The highest BCUT2D eigenvalue weighted by Gasteiger charge is 2.16. The van der Waals surface area contributed by atoms with Crippen molar-refractivity contribution in [2.75, 3.05) is 13.2 Å². The first-order chi connectivity index (χ1) is 13.4. The Labute approximate surface area is 166 Å². The number of benzene rings is 2. The second-order valence-electron chi connectivity index (χ2n) is 6.22. The standard InChI is InChI=1S/C21H18ClNO5/c1-13(24)23-9-8-14-2-4-15(5-3-14)18(25)12-27-21(26)20-11-16-10-17(22)6-7-19(16)28-20/h2-7,10-11H,8-9,12H2,1H3,(H,23,24). The zero-order valence-electron chi connectivity index (χ0n) is 15.2. The van der Waals surface area contributed by atoms with E-state index in [1.807, 2.05) is 0 Å². The van der Waals surface area contributed by atoms with Crippen LogP contribution >= 0.6 is 11.6 Å². The second-order valence-corrected chi connectivity index (χ2v) is 6.66. The van der Waals surface area contributed by atoms with Gasteiger partial charge in [0.25, 0.3) is 0 Å². The molecule has 28 heavy (non-hydrogen) atoms. The Balaban J connectivity index is 1.55. The Morgan fingerprint density at radius 3 is 2.54 bits per heavy atom. The van der Waals surface area contributed by atoms with E-state index in [2.05, 4.69) is 5.32 Å². The summed E-state index contributed by atoms with van der Waals surface area (Å²) in [6.07, 6.45) is 0.666. The number of furan rings is 1. The molecule has 1 amide bonds. The largest absolute Gasteiger partial charge is 0.451 e. The molecule has 1 N–H and O–H groups in total. The minimum absolute atomic E-state index is 0.0124. The van der Waals surface area contributed by atoms with Crippen LogP contribution in [0.4, 0.5) is 0 Å². The minimum atomic E-state index is -0.715. The average Bonchev–Trinajstić information content (AvgIpc) is 3.09. The smallest absolute Gasteiger partial charge is 0.374 e. The number of carbonyl (C=O) groups is 3. The van der Waals surface area contributed by atoms with Gasteiger partial charge in [0.1, 0.15) is 5.58 Å². The second kappa shape index (κ2) is 8.71. The number of hydrogen-bond acceptors (Lipinski definition) is 5. The van der Waals surface area contributed by atoms with Crippen LogP contribution in [-0.2, 0) is 16.0 Å². The number of Topliss-reactive ketones (excluding diaryl/α,β-unsaturated/α-hetero) is 1. The van der Waals surface area contributed by atoms with Crippen LogP contribution < -0.4 is 5.32 Å². The van der Waals surface area contributed by atoms with Crippen molar-refractivity contribution in [3.05, 3.63) is 70.4 Å². The number of rotatable bonds is 7. The molecule has 0 fully saturated rings. The SMILES string of the molecule is CC(=O)NCCc1ccc(C(=O)COC(=O)c2cc3cc(Cl)ccc3o2)cc1. The van der Waals surface area contributed by atoms with Gasteiger partial charge in [-0.25, -0.2) is 4.79 Å². The van der Waals surface area contributed by atoms with E-state index >= 15 is 0 Å². The van der Waals surface area contributed by atoms with Gasteiger partial charge in [-0.1, -0.05) is 35.9 Å². The monoisotopic (exact) mass is 399 g/mol. The highest BCUT2D eigenvalue weighted by atomic mass is 35.5. The van der Waals surface area contributed by atoms with Crippen molar-refractivity contribution < 1.29 is 23.5 Å². The third-order valence-corrected chi connectivity index (χ3v) is 4.31. The summed E-state index contributed by atoms with van der Waals surface area (Å²) < 4.78 is 10.5. The number of fused-ring (bicyclic) bond motifs is 1. The van der Waals surface area contributed by atoms with E-state index in [-0.39, 0.29) is 24.1 Å². The minimum Gasteiger partial charge on any atom is -0.451 e. The molecule has 2 aromatic carbocycles. The molecule has 0 bridgehead atoms. The maximum atomic E-state index is 12.2. The van der Waals surface area contributed by atoms with Crippen molar-refractivity contribution in [3.63, 3.8) is 0 Å². The third kappa shape index (κ3) is 4.98. The lowest BCUT2D eigenvalue weighted by Crippen LogP contribution is -2.22. The van der Waals surface area contributed by atoms with Gasteiger partial charge in [-0.15, -0.1) is 0 Å². The van der Waals surface area contributed by atoms with Crippen molar-refractivity contribution in [2.45, 2.75) is 13.3 Å². The van der Waals surface area contributed by atoms with Crippen LogP contribution in [0.2, 0.25) is 5.02 Å². The van der Waals surface area contributed by atoms with Crippen LogP contribution in [0.25, 0.3) is 11.0 Å². The molecule has 6 nitrogen and oxygen atoms in total. The van der Waals surface area contributed by atoms with Gasteiger partial charge in [-0.05, 0) is 36.2 Å². The summed E-state index contributed by atoms with van der Waals surface area (Å²) in [5.74, 6) is -1.10. The van der Waals surface area contributed by atoms with E-state index in [0.717, 1.165) is 5.56 Å². The lowest BCUT2D eigenvalue weighted by molar-refractivity contribution is -0.118. The van der Waals surface area contributed by atoms with E-state index in [1.165, 1.54) is 13.0 Å². The molecule has 1 aromatic heterocycles. The molecular formula is C21H18ClNO5. The highest BCUT2D eigenvalue weighted by Crippen LogP contribution is 2.23. The Morgan fingerprint density at radius 2 is 1.82 bits per heavy atom. The summed E-state index contributed by atoms with van der Waals surface area (Å²) in [5, 5.41) is 3.93. The average molecular weight is 400 g/mol. The number of hydrogen-bond donors (Lipinski definition) is 1. The fourth-order valence-electron chi connectivity index (χ4n) is 2.64. The molecule has 0 aliphatic rings. The van der Waals surface area contributed by atoms with Crippen LogP contribution in [0.5, 0.6) is 0 Å². The van der Waals surface area contributed by atoms with E-state index in [4.69, 9.17) is 20.8 Å². The molecule has 3 aromatic rings. The Bertz CT molecular complexity index is 1020. The summed E-state index contributed by atoms with van der Waals surface area (Å²) in [7, 11) is 0. The number of ketones is 1. The molecule has 0 saturated heterocycles. The van der Waals surface area contributed by atoms with Gasteiger partial charge in [-0.2, -0.15) is 0 Å². The summed E-state index contributed by atoms with van der Waals surface area (Å²) in [6.45, 7) is 1.61. The number of nitrogens with one attached hydrogen (secondary N) is 1. The molecule has 1 heterocycles. The fraction of sp³-hybridized carbons (Fsp3) is 0.190. The molecule has 7 heteroatoms. The van der Waals surface area contributed by atoms with E-state index in [0.29, 0.717) is 34.5 Å². The topological polar surface area (TPSA) is 85.6 Å². The summed E-state index contributed by atoms with van der Waals surface area (Å²) >= 11 is 5.91. The lowest BCUT2D eigenvalue weighted by Gasteiger charge is -2.05. The van der Waals surface area contributed by atoms with Gasteiger partial charge in [0.15, 0.2) is 12.4 Å². The number of ether oxygens (including phenoxy) is 1. The molecule has 0 saturated carbocycles. The molecule has 0 aliphatic heterocycles. The molecule has 0 spiro atoms. The molecular weight excluding hydrogens is 382 g/mol. The lowest BCUT2D eigenvalue weighted by atomic mass is 10.1. The number of carbonyl (C=O) groups excluding carboxylic acids is 3. The van der Waals surface area contributed by atoms with Crippen molar-refractivity contribution >= 4 is 40.2 Å². The Kier molecular flexibility index (Phi) is 6.11. The van der Waals surface area contributed by atoms with Gasteiger partial charge < -0.3 is 14.5 Å². The summed E-state index contributed by atoms with van der Waals surface area (Å²) in [5.41, 5.74) is 1.94. The fourth-order valence-corrected chi connectivity index (χ4v) is 2.82. The molecule has 3 rings (SSSR count). The van der Waals surface area contributed by atoms with Gasteiger partial charge in [-0.3, -0.25) is 9.59 Å². The normalized spacial score (nSPS) is 10.6. The highest BCUT2D eigenvalue weighted by molar-refractivity contribution is 6.31. The van der Waals surface area contributed by atoms with Crippen molar-refractivity contribution in [3.8, 4) is 0 Å². The van der Waals surface area contributed by atoms with E-state index in [1.54, 1.807) is 42.5 Å². The Hall–Kier alpha value is -3.12. The van der Waals surface area contributed by atoms with Crippen LogP contribution in [0.3, 0.4) is 0 Å². The maximum absolute atomic E-state index is 12.2. The number of esters is 1. The number of halogens is 1. The maximum Gasteiger partial charge on any atom is 0.374 e. The predicted molar refractivity (Wildman–Crippen MR) is 105 cm³/mol. The van der Waals surface area contributed by atoms with E-state index in [9.17, 15) is 14.4 Å². The zero-order valence-corrected chi connectivity index (χ0v) is 15.9. The summed E-state index contributed by atoms with van der Waals surface area (Å²) in [6, 6.07) is 13.5. The predicted octanol–water partition coefficient (Wildman–Crippen LogP) is 3.80. The molecule has 0 atom stereocenters. The van der Waals surface area contributed by atoms with Crippen LogP contribution in [0.1, 0.15) is 33.4 Å². The zero-order chi connectivity index (χ0) is 20.1. The third-order valence-electron chi connectivity index (χ3n) is 4.08. The molecule has 0 aliphatic carbocycles. The van der Waals surface area contributed by atoms with Crippen molar-refractivity contribution in [1.82, 2.24) is 5.32 Å². The first kappa shape index (κ1) is 19.6. The van der Waals surface area contributed by atoms with E-state index < -0.39 is 5.97 Å². The molecule has 0 radical (unpaired) electrons. The van der Waals surface area contributed by atoms with Gasteiger partial charge in [0.2, 0.25) is 11.7 Å². The van der Waals surface area contributed by atoms with Gasteiger partial charge >= 0.3 is 5.97 Å². The first-order valence-corrected chi connectivity index (χ1v) is 9.03. The number of amides is 1. The van der Waals surface area contributed by atoms with Gasteiger partial charge in [0.05, 0.1) is 0 Å². The van der Waals surface area contributed by atoms with Crippen molar-refractivity contribution in [1.29, 1.82) is 0 Å². The molecule has 144 valence electrons. The quantitative estimate of drug-likeness (QED) is 0.482. The van der Waals surface area contributed by atoms with Crippen LogP contribution in [0, 0.1) is 0 Å². The van der Waals surface area contributed by atoms with Crippen LogP contribution in [-0.4, -0.2) is 30.8 Å². The summed E-state index contributed by atoms with van der Waals surface area (Å²) in [4.78, 5) is 35.2. The van der Waals surface area contributed by atoms with Crippen molar-refractivity contribution in [2.24, 2.45) is 0 Å². The molecule has 0 unspecified atom stereocenters.